The predicted octanol–water partition coefficient (Wildman–Crippen LogP) is 2.40. The van der Waals surface area contributed by atoms with E-state index in [0.29, 0.717) is 30.9 Å². The van der Waals surface area contributed by atoms with Crippen molar-refractivity contribution in [2.75, 3.05) is 38.7 Å². The number of carbonyl (C=O) groups excluding carboxylic acids is 1. The monoisotopic (exact) mass is 461 g/mol. The smallest absolute Gasteiger partial charge is 0.177 e. The van der Waals surface area contributed by atoms with Crippen molar-refractivity contribution >= 4 is 29.8 Å². The zero-order valence-electron chi connectivity index (χ0n) is 16.1. The van der Waals surface area contributed by atoms with Crippen LogP contribution in [0.4, 0.5) is 0 Å². The molecule has 3 rings (SSSR count). The fourth-order valence-corrected chi connectivity index (χ4v) is 2.81. The second-order valence-corrected chi connectivity index (χ2v) is 6.70. The number of Topliss-reactive ketones (excluding diaryl/α,β-unsaturated/α-hetero) is 1. The summed E-state index contributed by atoms with van der Waals surface area (Å²) in [4.78, 5) is 13.1. The molecule has 1 heterocycles. The number of alkyl halides is 1. The minimum Gasteiger partial charge on any atom is -0.504 e. The maximum Gasteiger partial charge on any atom is 0.177 e. The van der Waals surface area contributed by atoms with Crippen molar-refractivity contribution < 1.29 is 35.1 Å². The summed E-state index contributed by atoms with van der Waals surface area (Å²) < 4.78 is 5.23. The zero-order chi connectivity index (χ0) is 21.4. The number of aromatic hydroxyl groups is 4. The van der Waals surface area contributed by atoms with Gasteiger partial charge in [0, 0.05) is 25.2 Å². The summed E-state index contributed by atoms with van der Waals surface area (Å²) in [6.07, 6.45) is -0.667. The van der Waals surface area contributed by atoms with Gasteiger partial charge in [0.1, 0.15) is 0 Å². The summed E-state index contributed by atoms with van der Waals surface area (Å²) in [5.74, 6) is -1.36. The van der Waals surface area contributed by atoms with Gasteiger partial charge in [-0.05, 0) is 35.9 Å². The number of aliphatic hydroxyl groups excluding tert-OH is 1. The number of halogens is 2. The van der Waals surface area contributed by atoms with Gasteiger partial charge < -0.3 is 30.3 Å². The van der Waals surface area contributed by atoms with E-state index in [0.717, 1.165) is 13.1 Å². The number of aliphatic hydroxyl groups is 1. The Morgan fingerprint density at radius 3 is 2.07 bits per heavy atom. The number of hydrogen-bond acceptors (Lipinski definition) is 8. The Labute approximate surface area is 185 Å². The molecule has 166 valence electrons. The Bertz CT molecular complexity index is 829. The average molecular weight is 462 g/mol. The van der Waals surface area contributed by atoms with Crippen molar-refractivity contribution in [3.63, 3.8) is 0 Å². The van der Waals surface area contributed by atoms with Crippen LogP contribution in [0.2, 0.25) is 0 Å². The summed E-state index contributed by atoms with van der Waals surface area (Å²) in [5, 5.41) is 46.5. The van der Waals surface area contributed by atoms with Crippen LogP contribution in [-0.4, -0.2) is 74.9 Å². The normalized spacial score (nSPS) is 14.7. The van der Waals surface area contributed by atoms with Crippen LogP contribution in [-0.2, 0) is 4.74 Å². The van der Waals surface area contributed by atoms with Gasteiger partial charge in [-0.2, -0.15) is 0 Å². The molecule has 0 spiro atoms. The Morgan fingerprint density at radius 1 is 0.967 bits per heavy atom. The van der Waals surface area contributed by atoms with E-state index >= 15 is 0 Å². The molecule has 0 aromatic heterocycles. The van der Waals surface area contributed by atoms with E-state index < -0.39 is 6.10 Å². The minimum atomic E-state index is -0.667. The van der Waals surface area contributed by atoms with Crippen molar-refractivity contribution in [3.8, 4) is 23.0 Å². The molecule has 1 atom stereocenters. The molecule has 0 bridgehead atoms. The highest BCUT2D eigenvalue weighted by molar-refractivity contribution is 6.30. The lowest BCUT2D eigenvalue weighted by molar-refractivity contribution is 0.0143. The molecule has 1 saturated heterocycles. The molecule has 1 fully saturated rings. The van der Waals surface area contributed by atoms with Crippen LogP contribution in [0.15, 0.2) is 36.4 Å². The van der Waals surface area contributed by atoms with Gasteiger partial charge in [-0.1, -0.05) is 6.07 Å². The first-order valence-electron chi connectivity index (χ1n) is 8.93. The number of ketones is 1. The third-order valence-corrected chi connectivity index (χ3v) is 4.58. The highest BCUT2D eigenvalue weighted by Gasteiger charge is 2.17. The van der Waals surface area contributed by atoms with Crippen LogP contribution in [0.25, 0.3) is 0 Å². The number of morpholine rings is 1. The second kappa shape index (κ2) is 12.5. The number of phenolic OH excluding ortho intramolecular Hbond substituents is 4. The third kappa shape index (κ3) is 7.55. The standard InChI is InChI=1S/C12H17NO4.C8H7ClO3.ClH/c14-10-2-1-9(7-11(10)15)12(16)8-13-3-5-17-6-4-13;9-4-8(12)5-1-2-6(10)7(11)3-5;/h1-2,7,12,14-16H,3-6,8H2;1-3,10-11H,4H2;1H. The van der Waals surface area contributed by atoms with E-state index in [2.05, 4.69) is 4.90 Å². The third-order valence-electron chi connectivity index (χ3n) is 4.34. The molecule has 30 heavy (non-hydrogen) atoms. The van der Waals surface area contributed by atoms with Crippen molar-refractivity contribution in [2.45, 2.75) is 6.10 Å². The van der Waals surface area contributed by atoms with Crippen LogP contribution in [0.1, 0.15) is 22.0 Å². The van der Waals surface area contributed by atoms with Crippen LogP contribution >= 0.6 is 24.0 Å². The van der Waals surface area contributed by atoms with E-state index in [1.54, 1.807) is 6.07 Å². The number of β-amino-alcohol motifs (C(OH)–C–C–N with tert-alkyl or cyclic N) is 1. The first-order valence-corrected chi connectivity index (χ1v) is 9.46. The molecule has 0 saturated carbocycles. The van der Waals surface area contributed by atoms with E-state index in [9.17, 15) is 20.1 Å². The fraction of sp³-hybridized carbons (Fsp3) is 0.350. The molecule has 0 aliphatic carbocycles. The van der Waals surface area contributed by atoms with Crippen LogP contribution in [0.3, 0.4) is 0 Å². The largest absolute Gasteiger partial charge is 0.504 e. The molecule has 1 aliphatic rings. The molecule has 1 aliphatic heterocycles. The van der Waals surface area contributed by atoms with Crippen molar-refractivity contribution in [3.05, 3.63) is 47.5 Å². The Balaban J connectivity index is 0.000000308. The van der Waals surface area contributed by atoms with Gasteiger partial charge in [0.25, 0.3) is 0 Å². The van der Waals surface area contributed by atoms with E-state index in [1.807, 2.05) is 0 Å². The van der Waals surface area contributed by atoms with Gasteiger partial charge in [-0.15, -0.1) is 24.0 Å². The number of phenols is 4. The van der Waals surface area contributed by atoms with E-state index in [-0.39, 0.29) is 47.1 Å². The molecular weight excluding hydrogens is 437 g/mol. The lowest BCUT2D eigenvalue weighted by atomic mass is 10.1. The van der Waals surface area contributed by atoms with Gasteiger partial charge >= 0.3 is 0 Å². The maximum atomic E-state index is 11.0. The van der Waals surface area contributed by atoms with Crippen molar-refractivity contribution in [1.29, 1.82) is 0 Å². The Morgan fingerprint density at radius 2 is 1.53 bits per heavy atom. The maximum absolute atomic E-state index is 11.0. The lowest BCUT2D eigenvalue weighted by Gasteiger charge is -2.28. The number of rotatable bonds is 5. The Kier molecular flexibility index (Phi) is 10.7. The number of benzene rings is 2. The van der Waals surface area contributed by atoms with Crippen LogP contribution < -0.4 is 0 Å². The second-order valence-electron chi connectivity index (χ2n) is 6.44. The summed E-state index contributed by atoms with van der Waals surface area (Å²) in [6, 6.07) is 8.21. The molecule has 0 amide bonds. The Hall–Kier alpha value is -2.23. The molecular formula is C20H25Cl2NO7. The summed E-state index contributed by atoms with van der Waals surface area (Å²) in [7, 11) is 0. The first-order chi connectivity index (χ1) is 13.8. The topological polar surface area (TPSA) is 131 Å². The van der Waals surface area contributed by atoms with Gasteiger partial charge in [0.15, 0.2) is 28.8 Å². The molecule has 10 heteroatoms. The van der Waals surface area contributed by atoms with Gasteiger partial charge in [0.05, 0.1) is 25.2 Å². The number of carbonyl (C=O) groups is 1. The van der Waals surface area contributed by atoms with E-state index in [4.69, 9.17) is 26.6 Å². The fourth-order valence-electron chi connectivity index (χ4n) is 2.66. The van der Waals surface area contributed by atoms with Gasteiger partial charge in [0.2, 0.25) is 0 Å². The molecule has 2 aromatic carbocycles. The number of ether oxygens (including phenoxy) is 1. The first kappa shape index (κ1) is 25.8. The van der Waals surface area contributed by atoms with Gasteiger partial charge in [-0.25, -0.2) is 0 Å². The zero-order valence-corrected chi connectivity index (χ0v) is 17.6. The molecule has 0 radical (unpaired) electrons. The summed E-state index contributed by atoms with van der Waals surface area (Å²) in [6.45, 7) is 3.50. The van der Waals surface area contributed by atoms with Crippen molar-refractivity contribution in [2.24, 2.45) is 0 Å². The number of hydrogen-bond donors (Lipinski definition) is 5. The van der Waals surface area contributed by atoms with Crippen LogP contribution in [0.5, 0.6) is 23.0 Å². The molecule has 1 unspecified atom stereocenters. The summed E-state index contributed by atoms with van der Waals surface area (Å²) >= 11 is 5.28. The van der Waals surface area contributed by atoms with Crippen molar-refractivity contribution in [1.82, 2.24) is 4.90 Å². The highest BCUT2D eigenvalue weighted by Crippen LogP contribution is 2.28. The van der Waals surface area contributed by atoms with E-state index in [1.165, 1.54) is 30.3 Å². The predicted molar refractivity (Wildman–Crippen MR) is 114 cm³/mol. The van der Waals surface area contributed by atoms with Gasteiger partial charge in [-0.3, -0.25) is 9.69 Å². The summed E-state index contributed by atoms with van der Waals surface area (Å²) in [5.41, 5.74) is 0.895. The lowest BCUT2D eigenvalue weighted by Crippen LogP contribution is -2.38. The molecule has 5 N–H and O–H groups in total. The minimum absolute atomic E-state index is 0. The molecule has 2 aromatic rings. The number of nitrogens with zero attached hydrogens (tertiary/aromatic N) is 1. The average Bonchev–Trinajstić information content (AvgIpc) is 2.72. The highest BCUT2D eigenvalue weighted by atomic mass is 35.5. The molecule has 8 nitrogen and oxygen atoms in total. The van der Waals surface area contributed by atoms with Crippen LogP contribution in [0, 0.1) is 0 Å². The SMILES string of the molecule is Cl.O=C(CCl)c1ccc(O)c(O)c1.Oc1ccc(C(O)CN2CCOCC2)cc1O. The quantitative estimate of drug-likeness (QED) is 0.260.